The predicted octanol–water partition coefficient (Wildman–Crippen LogP) is 1.65. The highest BCUT2D eigenvalue weighted by atomic mass is 14.9. The molecule has 2 rings (SSSR count). The molecule has 58 valence electrons. The fraction of sp³-hybridized carbons (Fsp3) is 0.400. The lowest BCUT2D eigenvalue weighted by molar-refractivity contribution is 0.503. The fourth-order valence-electron chi connectivity index (χ4n) is 1.64. The summed E-state index contributed by atoms with van der Waals surface area (Å²) in [4.78, 5) is 0. The second kappa shape index (κ2) is 3.05. The van der Waals surface area contributed by atoms with Gasteiger partial charge in [-0.2, -0.15) is 0 Å². The van der Waals surface area contributed by atoms with Crippen LogP contribution in [0.25, 0.3) is 0 Å². The van der Waals surface area contributed by atoms with Crippen molar-refractivity contribution in [3.63, 3.8) is 0 Å². The number of hydrogen-bond donors (Lipinski definition) is 1. The lowest BCUT2D eigenvalue weighted by Crippen LogP contribution is -2.33. The second-order valence-electron chi connectivity index (χ2n) is 3.07. The molecular weight excluding hydrogens is 134 g/mol. The van der Waals surface area contributed by atoms with Gasteiger partial charge in [0.2, 0.25) is 0 Å². The lowest BCUT2D eigenvalue weighted by atomic mass is 9.93. The average Bonchev–Trinajstić information content (AvgIpc) is 2.28. The molecule has 1 aliphatic carbocycles. The summed E-state index contributed by atoms with van der Waals surface area (Å²) in [5.74, 6) is 0.679. The normalized spacial score (nSPS) is 34.9. The van der Waals surface area contributed by atoms with E-state index in [1.54, 1.807) is 0 Å². The van der Waals surface area contributed by atoms with Gasteiger partial charge in [-0.05, 0) is 12.3 Å². The molecule has 1 nitrogen and oxygen atoms in total. The van der Waals surface area contributed by atoms with E-state index in [2.05, 4.69) is 41.8 Å². The Labute approximate surface area is 67.5 Å². The van der Waals surface area contributed by atoms with Crippen molar-refractivity contribution in [3.05, 3.63) is 36.5 Å². The van der Waals surface area contributed by atoms with Crippen LogP contribution in [-0.2, 0) is 0 Å². The largest absolute Gasteiger partial charge is 0.306 e. The third-order valence-corrected chi connectivity index (χ3v) is 2.30. The molecule has 2 unspecified atom stereocenters. The van der Waals surface area contributed by atoms with Crippen LogP contribution in [0.2, 0.25) is 0 Å². The first-order chi connectivity index (χ1) is 5.47. The third-order valence-electron chi connectivity index (χ3n) is 2.30. The van der Waals surface area contributed by atoms with Crippen LogP contribution in [0.3, 0.4) is 0 Å². The summed E-state index contributed by atoms with van der Waals surface area (Å²) in [5, 5.41) is 3.46. The minimum atomic E-state index is 0.565. The molecule has 0 radical (unpaired) electrons. The van der Waals surface area contributed by atoms with E-state index in [1.807, 2.05) is 0 Å². The Bertz CT molecular complexity index is 213. The predicted molar refractivity (Wildman–Crippen MR) is 47.3 cm³/mol. The average molecular weight is 147 g/mol. The van der Waals surface area contributed by atoms with Crippen LogP contribution in [0.5, 0.6) is 0 Å². The van der Waals surface area contributed by atoms with Gasteiger partial charge in [-0.15, -0.1) is 0 Å². The quantitative estimate of drug-likeness (QED) is 0.514. The molecular formula is C10H13N. The van der Waals surface area contributed by atoms with Crippen molar-refractivity contribution in [1.29, 1.82) is 0 Å². The van der Waals surface area contributed by atoms with E-state index < -0.39 is 0 Å². The highest BCUT2D eigenvalue weighted by Crippen LogP contribution is 2.18. The minimum absolute atomic E-state index is 0.565. The van der Waals surface area contributed by atoms with Crippen LogP contribution in [0.4, 0.5) is 0 Å². The van der Waals surface area contributed by atoms with Crippen molar-refractivity contribution in [2.24, 2.45) is 5.92 Å². The molecule has 0 aromatic rings. The summed E-state index contributed by atoms with van der Waals surface area (Å²) in [6.45, 7) is 1.01. The van der Waals surface area contributed by atoms with Gasteiger partial charge in [0.15, 0.2) is 0 Å². The van der Waals surface area contributed by atoms with Gasteiger partial charge < -0.3 is 5.32 Å². The van der Waals surface area contributed by atoms with Crippen molar-refractivity contribution < 1.29 is 0 Å². The molecule has 0 amide bonds. The van der Waals surface area contributed by atoms with Gasteiger partial charge in [0, 0.05) is 12.6 Å². The number of nitrogens with one attached hydrogen (secondary N) is 1. The zero-order chi connectivity index (χ0) is 7.52. The maximum Gasteiger partial charge on any atom is 0.0321 e. The van der Waals surface area contributed by atoms with Crippen molar-refractivity contribution in [1.82, 2.24) is 5.32 Å². The minimum Gasteiger partial charge on any atom is -0.306 e. The number of fused-ring (bicyclic) bond motifs is 1. The lowest BCUT2D eigenvalue weighted by Gasteiger charge is -2.21. The Hall–Kier alpha value is -0.820. The van der Waals surface area contributed by atoms with Crippen LogP contribution in [0.1, 0.15) is 6.42 Å². The highest BCUT2D eigenvalue weighted by molar-refractivity contribution is 5.19. The molecule has 0 aromatic heterocycles. The van der Waals surface area contributed by atoms with Crippen molar-refractivity contribution in [2.75, 3.05) is 6.54 Å². The first-order valence-corrected chi connectivity index (χ1v) is 4.20. The summed E-state index contributed by atoms with van der Waals surface area (Å²) >= 11 is 0. The maximum atomic E-state index is 3.46. The zero-order valence-corrected chi connectivity index (χ0v) is 6.53. The standard InChI is InChI=1S/C10H13N/c1-2-7-10-9(5-1)6-3-4-8-11-10/h1-5,7,9-11H,6,8H2. The van der Waals surface area contributed by atoms with Gasteiger partial charge in [0.1, 0.15) is 0 Å². The molecule has 11 heavy (non-hydrogen) atoms. The van der Waals surface area contributed by atoms with Crippen molar-refractivity contribution >= 4 is 0 Å². The Kier molecular flexibility index (Phi) is 1.91. The molecule has 1 aliphatic heterocycles. The summed E-state index contributed by atoms with van der Waals surface area (Å²) in [6.07, 6.45) is 14.5. The van der Waals surface area contributed by atoms with E-state index in [0.29, 0.717) is 12.0 Å². The molecule has 1 heteroatoms. The number of hydrogen-bond acceptors (Lipinski definition) is 1. The Morgan fingerprint density at radius 2 is 2.00 bits per heavy atom. The summed E-state index contributed by atoms with van der Waals surface area (Å²) in [5.41, 5.74) is 0. The number of allylic oxidation sites excluding steroid dienone is 3. The first kappa shape index (κ1) is 6.86. The summed E-state index contributed by atoms with van der Waals surface area (Å²) in [6, 6.07) is 0.565. The molecule has 1 N–H and O–H groups in total. The molecule has 2 atom stereocenters. The molecule has 0 fully saturated rings. The van der Waals surface area contributed by atoms with Gasteiger partial charge in [0.25, 0.3) is 0 Å². The zero-order valence-electron chi connectivity index (χ0n) is 6.53. The van der Waals surface area contributed by atoms with Crippen LogP contribution < -0.4 is 5.32 Å². The molecule has 1 heterocycles. The Morgan fingerprint density at radius 3 is 3.00 bits per heavy atom. The van der Waals surface area contributed by atoms with Crippen LogP contribution in [-0.4, -0.2) is 12.6 Å². The molecule has 0 saturated heterocycles. The second-order valence-corrected chi connectivity index (χ2v) is 3.07. The van der Waals surface area contributed by atoms with Gasteiger partial charge in [0.05, 0.1) is 0 Å². The van der Waals surface area contributed by atoms with E-state index in [0.717, 1.165) is 6.54 Å². The summed E-state index contributed by atoms with van der Waals surface area (Å²) in [7, 11) is 0. The topological polar surface area (TPSA) is 12.0 Å². The van der Waals surface area contributed by atoms with Gasteiger partial charge in [-0.3, -0.25) is 0 Å². The number of rotatable bonds is 0. The summed E-state index contributed by atoms with van der Waals surface area (Å²) < 4.78 is 0. The van der Waals surface area contributed by atoms with E-state index >= 15 is 0 Å². The molecule has 2 aliphatic rings. The molecule has 0 bridgehead atoms. The Morgan fingerprint density at radius 1 is 1.09 bits per heavy atom. The molecule has 0 aromatic carbocycles. The van der Waals surface area contributed by atoms with Crippen molar-refractivity contribution in [3.8, 4) is 0 Å². The van der Waals surface area contributed by atoms with E-state index in [-0.39, 0.29) is 0 Å². The van der Waals surface area contributed by atoms with E-state index in [9.17, 15) is 0 Å². The highest BCUT2D eigenvalue weighted by Gasteiger charge is 2.17. The van der Waals surface area contributed by atoms with Crippen molar-refractivity contribution in [2.45, 2.75) is 12.5 Å². The van der Waals surface area contributed by atoms with Gasteiger partial charge in [-0.25, -0.2) is 0 Å². The molecule has 0 saturated carbocycles. The molecule has 0 spiro atoms. The SMILES string of the molecule is C1=CC2CC=CCNC2C=C1. The first-order valence-electron chi connectivity index (χ1n) is 4.20. The maximum absolute atomic E-state index is 3.46. The van der Waals surface area contributed by atoms with Gasteiger partial charge in [-0.1, -0.05) is 36.5 Å². The van der Waals surface area contributed by atoms with Crippen LogP contribution >= 0.6 is 0 Å². The Balaban J connectivity index is 2.13. The fourth-order valence-corrected chi connectivity index (χ4v) is 1.64. The third kappa shape index (κ3) is 1.43. The smallest absolute Gasteiger partial charge is 0.0321 e. The van der Waals surface area contributed by atoms with E-state index in [4.69, 9.17) is 0 Å². The monoisotopic (exact) mass is 147 g/mol. The van der Waals surface area contributed by atoms with Gasteiger partial charge >= 0.3 is 0 Å². The van der Waals surface area contributed by atoms with E-state index in [1.165, 1.54) is 6.42 Å². The van der Waals surface area contributed by atoms with Crippen LogP contribution in [0, 0.1) is 5.92 Å². The van der Waals surface area contributed by atoms with Crippen LogP contribution in [0.15, 0.2) is 36.5 Å².